The average molecular weight is 583 g/mol. The van der Waals surface area contributed by atoms with Crippen molar-refractivity contribution in [2.45, 2.75) is 115 Å². The van der Waals surface area contributed by atoms with Crippen molar-refractivity contribution in [3.05, 3.63) is 30.3 Å². The second-order valence-electron chi connectivity index (χ2n) is 14.2. The van der Waals surface area contributed by atoms with Gasteiger partial charge in [0.1, 0.15) is 0 Å². The molecule has 0 aromatic heterocycles. The summed E-state index contributed by atoms with van der Waals surface area (Å²) in [6, 6.07) is 11.7. The first-order valence-electron chi connectivity index (χ1n) is 17.7. The molecule has 0 radical (unpaired) electrons. The highest BCUT2D eigenvalue weighted by molar-refractivity contribution is 5.88. The van der Waals surface area contributed by atoms with E-state index in [9.17, 15) is 0 Å². The molecule has 2 N–H and O–H groups in total. The fourth-order valence-corrected chi connectivity index (χ4v) is 8.44. The van der Waals surface area contributed by atoms with E-state index in [4.69, 9.17) is 0 Å². The van der Waals surface area contributed by atoms with Crippen LogP contribution in [0.4, 0.5) is 5.69 Å². The van der Waals surface area contributed by atoms with Crippen LogP contribution in [0.25, 0.3) is 0 Å². The minimum atomic E-state index is -0.356. The van der Waals surface area contributed by atoms with Crippen LogP contribution in [0, 0.1) is 11.8 Å². The number of nitrogens with zero attached hydrogens (tertiary/aromatic N) is 3. The lowest BCUT2D eigenvalue weighted by Crippen LogP contribution is -2.60. The van der Waals surface area contributed by atoms with Crippen LogP contribution in [0.3, 0.4) is 0 Å². The Bertz CT molecular complexity index is 889. The number of carbonyl (C=O) groups excluding carboxylic acids is 1. The van der Waals surface area contributed by atoms with Gasteiger partial charge in [0.25, 0.3) is 0 Å². The Hall–Kier alpha value is -1.47. The maximum absolute atomic E-state index is 15.0. The van der Waals surface area contributed by atoms with Crippen molar-refractivity contribution < 1.29 is 9.28 Å². The number of unbranched alkanes of at least 4 members (excludes halogenated alkanes) is 6. The smallest absolute Gasteiger partial charge is 0.320 e. The Balaban J connectivity index is 1.49. The molecule has 1 aliphatic carbocycles. The van der Waals surface area contributed by atoms with E-state index in [1.54, 1.807) is 0 Å². The molecule has 2 heterocycles. The van der Waals surface area contributed by atoms with Gasteiger partial charge in [-0.3, -0.25) is 0 Å². The topological polar surface area (TPSA) is 47.6 Å². The van der Waals surface area contributed by atoms with E-state index in [0.29, 0.717) is 16.4 Å². The first kappa shape index (κ1) is 33.4. The molecule has 42 heavy (non-hydrogen) atoms. The Labute approximate surface area is 258 Å². The van der Waals surface area contributed by atoms with E-state index in [0.717, 1.165) is 83.5 Å². The average Bonchev–Trinajstić information content (AvgIpc) is 3.25. The number of benzene rings is 1. The highest BCUT2D eigenvalue weighted by Gasteiger charge is 2.63. The van der Waals surface area contributed by atoms with Gasteiger partial charge in [-0.25, -0.2) is 9.28 Å². The summed E-state index contributed by atoms with van der Waals surface area (Å²) in [5.74, 6) is 2.25. The Morgan fingerprint density at radius 1 is 0.810 bits per heavy atom. The molecule has 1 aromatic rings. The Kier molecular flexibility index (Phi) is 13.2. The van der Waals surface area contributed by atoms with Gasteiger partial charge in [0.05, 0.1) is 13.1 Å². The van der Waals surface area contributed by atoms with Crippen LogP contribution in [-0.2, 0) is 4.79 Å². The third kappa shape index (κ3) is 8.16. The second-order valence-corrected chi connectivity index (χ2v) is 14.2. The highest BCUT2D eigenvalue weighted by Crippen LogP contribution is 2.44. The van der Waals surface area contributed by atoms with Crippen molar-refractivity contribution >= 4 is 11.6 Å². The molecular formula is C36H64N5O+. The van der Waals surface area contributed by atoms with Gasteiger partial charge in [-0.05, 0) is 128 Å². The van der Waals surface area contributed by atoms with Crippen molar-refractivity contribution in [1.82, 2.24) is 15.5 Å². The first-order chi connectivity index (χ1) is 20.5. The Morgan fingerprint density at radius 3 is 1.88 bits per heavy atom. The first-order valence-corrected chi connectivity index (χ1v) is 17.7. The zero-order chi connectivity index (χ0) is 29.8. The maximum atomic E-state index is 15.0. The molecule has 3 aliphatic rings. The standard InChI is InChI=1S/C36H64N5O/c1-31(2)32-18-20-33(21-19-32)39-26-22-36(23-27-39)35(42)41(28-14-7-5-12-24-37-3,29-15-8-6-13-25-38-4)30-40(36)34-16-10-9-11-17-34/h9-11,16-17,31-33,37-38H,5-8,12-15,18-30H2,1-4H3/q+1/t32-,33+. The predicted molar refractivity (Wildman–Crippen MR) is 178 cm³/mol. The number of nitrogens with one attached hydrogen (secondary N) is 2. The number of piperidine rings is 1. The summed E-state index contributed by atoms with van der Waals surface area (Å²) in [7, 11) is 4.08. The fraction of sp³-hybridized carbons (Fsp3) is 0.806. The highest BCUT2D eigenvalue weighted by atomic mass is 16.2. The summed E-state index contributed by atoms with van der Waals surface area (Å²) in [5, 5.41) is 6.57. The van der Waals surface area contributed by atoms with Crippen LogP contribution in [0.1, 0.15) is 104 Å². The molecule has 3 fully saturated rings. The SMILES string of the molecule is CNCCCCCC[N+]1(CCCCCCNC)CN(c2ccccc2)C2(CCN([C@H]3CC[C@@H](C(C)C)CC3)CC2)C1=O. The third-order valence-corrected chi connectivity index (χ3v) is 11.2. The molecule has 1 aromatic carbocycles. The lowest BCUT2D eigenvalue weighted by molar-refractivity contribution is -0.847. The van der Waals surface area contributed by atoms with Crippen molar-refractivity contribution in [3.8, 4) is 0 Å². The van der Waals surface area contributed by atoms with Crippen molar-refractivity contribution in [2.24, 2.45) is 11.8 Å². The second kappa shape index (κ2) is 16.6. The number of quaternary nitrogens is 1. The van der Waals surface area contributed by atoms with Gasteiger partial charge in [-0.1, -0.05) is 44.9 Å². The number of amides is 1. The Morgan fingerprint density at radius 2 is 1.36 bits per heavy atom. The monoisotopic (exact) mass is 583 g/mol. The fourth-order valence-electron chi connectivity index (χ4n) is 8.44. The number of likely N-dealkylation sites (tertiary alicyclic amines) is 1. The van der Waals surface area contributed by atoms with Crippen LogP contribution < -0.4 is 15.5 Å². The summed E-state index contributed by atoms with van der Waals surface area (Å²) >= 11 is 0. The van der Waals surface area contributed by atoms with Crippen LogP contribution in [0.5, 0.6) is 0 Å². The number of para-hydroxylation sites is 1. The molecule has 4 rings (SSSR count). The van der Waals surface area contributed by atoms with Crippen molar-refractivity contribution in [2.75, 3.05) is 64.9 Å². The van der Waals surface area contributed by atoms with Gasteiger partial charge in [0, 0.05) is 24.8 Å². The zero-order valence-corrected chi connectivity index (χ0v) is 27.7. The molecule has 2 aliphatic heterocycles. The third-order valence-electron chi connectivity index (χ3n) is 11.2. The number of carbonyl (C=O) groups is 1. The van der Waals surface area contributed by atoms with E-state index >= 15 is 4.79 Å². The summed E-state index contributed by atoms with van der Waals surface area (Å²) in [5.41, 5.74) is 0.894. The van der Waals surface area contributed by atoms with Gasteiger partial charge in [0.2, 0.25) is 0 Å². The van der Waals surface area contributed by atoms with Gasteiger partial charge in [0.15, 0.2) is 12.2 Å². The summed E-state index contributed by atoms with van der Waals surface area (Å²) < 4.78 is 0.673. The lowest BCUT2D eigenvalue weighted by Gasteiger charge is -2.45. The predicted octanol–water partition coefficient (Wildman–Crippen LogP) is 6.42. The van der Waals surface area contributed by atoms with E-state index in [1.165, 1.54) is 69.9 Å². The van der Waals surface area contributed by atoms with E-state index in [-0.39, 0.29) is 5.54 Å². The molecule has 1 amide bonds. The molecule has 1 spiro atoms. The number of hydrogen-bond donors (Lipinski definition) is 2. The number of rotatable bonds is 17. The van der Waals surface area contributed by atoms with E-state index in [1.807, 2.05) is 14.1 Å². The van der Waals surface area contributed by atoms with Gasteiger partial charge in [-0.2, -0.15) is 0 Å². The minimum Gasteiger partial charge on any atom is -0.320 e. The minimum absolute atomic E-state index is 0.356. The molecule has 0 bridgehead atoms. The zero-order valence-electron chi connectivity index (χ0n) is 27.7. The maximum Gasteiger partial charge on any atom is 0.341 e. The van der Waals surface area contributed by atoms with E-state index in [2.05, 4.69) is 64.6 Å². The molecule has 238 valence electrons. The largest absolute Gasteiger partial charge is 0.341 e. The molecule has 6 nitrogen and oxygen atoms in total. The molecule has 6 heteroatoms. The summed E-state index contributed by atoms with van der Waals surface area (Å²) in [6.45, 7) is 12.0. The van der Waals surface area contributed by atoms with Gasteiger partial charge < -0.3 is 20.4 Å². The van der Waals surface area contributed by atoms with Gasteiger partial charge in [-0.15, -0.1) is 0 Å². The van der Waals surface area contributed by atoms with Crippen LogP contribution in [0.15, 0.2) is 30.3 Å². The number of anilines is 1. The molecule has 0 atom stereocenters. The van der Waals surface area contributed by atoms with Crippen LogP contribution >= 0.6 is 0 Å². The van der Waals surface area contributed by atoms with Crippen LogP contribution in [0.2, 0.25) is 0 Å². The lowest BCUT2D eigenvalue weighted by atomic mass is 9.78. The van der Waals surface area contributed by atoms with E-state index < -0.39 is 0 Å². The molecule has 0 unspecified atom stereocenters. The normalized spacial score (nSPS) is 24.2. The summed E-state index contributed by atoms with van der Waals surface area (Å²) in [4.78, 5) is 20.4. The van der Waals surface area contributed by atoms with Crippen molar-refractivity contribution in [1.29, 1.82) is 0 Å². The summed E-state index contributed by atoms with van der Waals surface area (Å²) in [6.07, 6.45) is 17.1. The molecular weight excluding hydrogens is 518 g/mol. The van der Waals surface area contributed by atoms with Gasteiger partial charge >= 0.3 is 5.91 Å². The molecule has 1 saturated carbocycles. The van der Waals surface area contributed by atoms with Crippen LogP contribution in [-0.4, -0.2) is 86.9 Å². The number of hydrogen-bond acceptors (Lipinski definition) is 5. The van der Waals surface area contributed by atoms with Crippen molar-refractivity contribution in [3.63, 3.8) is 0 Å². The molecule has 2 saturated heterocycles. The quantitative estimate of drug-likeness (QED) is 0.164.